The summed E-state index contributed by atoms with van der Waals surface area (Å²) in [4.78, 5) is 18.4. The molecule has 0 spiro atoms. The number of aryl methyl sites for hydroxylation is 1. The molecule has 5 heteroatoms. The number of carbonyl (C=O) groups is 1. The Balaban J connectivity index is 2.26. The molecule has 0 aliphatic rings. The Morgan fingerprint density at radius 1 is 1.37 bits per heavy atom. The Hall–Kier alpha value is -1.72. The maximum atomic E-state index is 12.4. The molecule has 0 aliphatic heterocycles. The summed E-state index contributed by atoms with van der Waals surface area (Å²) >= 11 is 1.42. The maximum absolute atomic E-state index is 12.4. The number of aromatic nitrogens is 1. The van der Waals surface area contributed by atoms with Crippen LogP contribution in [0.15, 0.2) is 29.6 Å². The Kier molecular flexibility index (Phi) is 4.29. The number of nitrogens with two attached hydrogens (primary N) is 1. The number of amides is 1. The third-order valence-electron chi connectivity index (χ3n) is 2.85. The van der Waals surface area contributed by atoms with Gasteiger partial charge in [-0.05, 0) is 26.0 Å². The number of thiazole rings is 1. The predicted molar refractivity (Wildman–Crippen MR) is 78.5 cm³/mol. The Bertz CT molecular complexity index is 562. The van der Waals surface area contributed by atoms with Crippen molar-refractivity contribution in [2.45, 2.75) is 20.4 Å². The highest BCUT2D eigenvalue weighted by Gasteiger charge is 2.18. The molecule has 2 N–H and O–H groups in total. The van der Waals surface area contributed by atoms with E-state index >= 15 is 0 Å². The van der Waals surface area contributed by atoms with Gasteiger partial charge in [0.15, 0.2) is 0 Å². The number of nitrogens with zero attached hydrogens (tertiary/aromatic N) is 2. The molecule has 0 fully saturated rings. The summed E-state index contributed by atoms with van der Waals surface area (Å²) in [7, 11) is 0. The zero-order valence-corrected chi connectivity index (χ0v) is 11.9. The van der Waals surface area contributed by atoms with Crippen molar-refractivity contribution in [3.8, 4) is 0 Å². The zero-order chi connectivity index (χ0) is 13.8. The SMILES string of the molecule is CCN(C(=O)c1csc(CN)n1)c1ccc(C)cc1. The molecule has 1 heterocycles. The Labute approximate surface area is 116 Å². The van der Waals surface area contributed by atoms with Gasteiger partial charge in [-0.15, -0.1) is 11.3 Å². The topological polar surface area (TPSA) is 59.2 Å². The summed E-state index contributed by atoms with van der Waals surface area (Å²) in [5.74, 6) is -0.0812. The summed E-state index contributed by atoms with van der Waals surface area (Å²) in [5.41, 5.74) is 8.05. The maximum Gasteiger partial charge on any atom is 0.277 e. The van der Waals surface area contributed by atoms with E-state index in [0.29, 0.717) is 18.8 Å². The molecule has 1 amide bonds. The fraction of sp³-hybridized carbons (Fsp3) is 0.286. The van der Waals surface area contributed by atoms with Crippen molar-refractivity contribution in [1.82, 2.24) is 4.98 Å². The van der Waals surface area contributed by atoms with E-state index in [1.165, 1.54) is 16.9 Å². The smallest absolute Gasteiger partial charge is 0.277 e. The van der Waals surface area contributed by atoms with Crippen LogP contribution in [0.1, 0.15) is 28.0 Å². The number of hydrogen-bond acceptors (Lipinski definition) is 4. The van der Waals surface area contributed by atoms with Crippen LogP contribution in [0.25, 0.3) is 0 Å². The van der Waals surface area contributed by atoms with Gasteiger partial charge in [-0.1, -0.05) is 17.7 Å². The summed E-state index contributed by atoms with van der Waals surface area (Å²) in [6, 6.07) is 7.90. The van der Waals surface area contributed by atoms with Crippen molar-refractivity contribution in [1.29, 1.82) is 0 Å². The molecule has 100 valence electrons. The minimum atomic E-state index is -0.0812. The molecule has 0 unspecified atom stereocenters. The quantitative estimate of drug-likeness (QED) is 0.933. The van der Waals surface area contributed by atoms with Gasteiger partial charge in [-0.25, -0.2) is 4.98 Å². The molecular formula is C14H17N3OS. The first-order chi connectivity index (χ1) is 9.15. The number of anilines is 1. The first-order valence-corrected chi connectivity index (χ1v) is 7.06. The molecule has 0 saturated heterocycles. The van der Waals surface area contributed by atoms with Crippen LogP contribution in [-0.2, 0) is 6.54 Å². The molecule has 4 nitrogen and oxygen atoms in total. The van der Waals surface area contributed by atoms with Crippen molar-refractivity contribution in [3.05, 3.63) is 45.9 Å². The summed E-state index contributed by atoms with van der Waals surface area (Å²) in [6.07, 6.45) is 0. The number of hydrogen-bond donors (Lipinski definition) is 1. The van der Waals surface area contributed by atoms with Crippen LogP contribution in [0.4, 0.5) is 5.69 Å². The summed E-state index contributed by atoms with van der Waals surface area (Å²) in [5, 5.41) is 2.55. The van der Waals surface area contributed by atoms with Gasteiger partial charge in [0.25, 0.3) is 5.91 Å². The summed E-state index contributed by atoms with van der Waals surface area (Å²) < 4.78 is 0. The highest BCUT2D eigenvalue weighted by atomic mass is 32.1. The molecule has 19 heavy (non-hydrogen) atoms. The monoisotopic (exact) mass is 275 g/mol. The number of rotatable bonds is 4. The minimum Gasteiger partial charge on any atom is -0.325 e. The average Bonchev–Trinajstić information content (AvgIpc) is 2.90. The van der Waals surface area contributed by atoms with E-state index in [4.69, 9.17) is 5.73 Å². The van der Waals surface area contributed by atoms with E-state index in [0.717, 1.165) is 10.7 Å². The van der Waals surface area contributed by atoms with Gasteiger partial charge in [0.1, 0.15) is 10.7 Å². The van der Waals surface area contributed by atoms with Gasteiger partial charge in [-0.3, -0.25) is 4.79 Å². The molecular weight excluding hydrogens is 258 g/mol. The second kappa shape index (κ2) is 5.95. The summed E-state index contributed by atoms with van der Waals surface area (Å²) in [6.45, 7) is 4.95. The first kappa shape index (κ1) is 13.7. The Morgan fingerprint density at radius 3 is 2.58 bits per heavy atom. The average molecular weight is 275 g/mol. The van der Waals surface area contributed by atoms with Crippen LogP contribution in [0, 0.1) is 6.92 Å². The molecule has 0 atom stereocenters. The van der Waals surface area contributed by atoms with Gasteiger partial charge in [-0.2, -0.15) is 0 Å². The van der Waals surface area contributed by atoms with Crippen LogP contribution in [0.5, 0.6) is 0 Å². The lowest BCUT2D eigenvalue weighted by molar-refractivity contribution is 0.0984. The minimum absolute atomic E-state index is 0.0812. The van der Waals surface area contributed by atoms with Crippen LogP contribution >= 0.6 is 11.3 Å². The first-order valence-electron chi connectivity index (χ1n) is 6.18. The second-order valence-corrected chi connectivity index (χ2v) is 5.16. The molecule has 0 radical (unpaired) electrons. The lowest BCUT2D eigenvalue weighted by atomic mass is 10.2. The third-order valence-corrected chi connectivity index (χ3v) is 3.72. The van der Waals surface area contributed by atoms with Gasteiger partial charge in [0.2, 0.25) is 0 Å². The number of benzene rings is 1. The highest BCUT2D eigenvalue weighted by Crippen LogP contribution is 2.19. The van der Waals surface area contributed by atoms with E-state index in [1.54, 1.807) is 10.3 Å². The standard InChI is InChI=1S/C14H17N3OS/c1-3-17(11-6-4-10(2)5-7-11)14(18)12-9-19-13(8-15)16-12/h4-7,9H,3,8,15H2,1-2H3. The predicted octanol–water partition coefficient (Wildman–Crippen LogP) is 2.58. The van der Waals surface area contributed by atoms with E-state index in [2.05, 4.69) is 4.98 Å². The van der Waals surface area contributed by atoms with E-state index < -0.39 is 0 Å². The van der Waals surface area contributed by atoms with Gasteiger partial charge >= 0.3 is 0 Å². The van der Waals surface area contributed by atoms with Crippen LogP contribution in [-0.4, -0.2) is 17.4 Å². The van der Waals surface area contributed by atoms with Crippen LogP contribution in [0.3, 0.4) is 0 Å². The van der Waals surface area contributed by atoms with E-state index in [-0.39, 0.29) is 5.91 Å². The van der Waals surface area contributed by atoms with Crippen LogP contribution in [0.2, 0.25) is 0 Å². The molecule has 0 aliphatic carbocycles. The molecule has 0 saturated carbocycles. The van der Waals surface area contributed by atoms with E-state index in [9.17, 15) is 4.79 Å². The lowest BCUT2D eigenvalue weighted by Gasteiger charge is -2.20. The molecule has 1 aromatic carbocycles. The largest absolute Gasteiger partial charge is 0.325 e. The molecule has 2 aromatic rings. The van der Waals surface area contributed by atoms with Gasteiger partial charge in [0, 0.05) is 24.2 Å². The Morgan fingerprint density at radius 2 is 2.05 bits per heavy atom. The zero-order valence-electron chi connectivity index (χ0n) is 11.1. The van der Waals surface area contributed by atoms with Crippen molar-refractivity contribution in [3.63, 3.8) is 0 Å². The van der Waals surface area contributed by atoms with Crippen molar-refractivity contribution in [2.24, 2.45) is 5.73 Å². The highest BCUT2D eigenvalue weighted by molar-refractivity contribution is 7.09. The number of carbonyl (C=O) groups excluding carboxylic acids is 1. The second-order valence-electron chi connectivity index (χ2n) is 4.22. The van der Waals surface area contributed by atoms with Crippen LogP contribution < -0.4 is 10.6 Å². The van der Waals surface area contributed by atoms with Crippen molar-refractivity contribution >= 4 is 22.9 Å². The lowest BCUT2D eigenvalue weighted by Crippen LogP contribution is -2.30. The third kappa shape index (κ3) is 3.00. The van der Waals surface area contributed by atoms with Crippen molar-refractivity contribution in [2.75, 3.05) is 11.4 Å². The fourth-order valence-corrected chi connectivity index (χ4v) is 2.46. The molecule has 1 aromatic heterocycles. The fourth-order valence-electron chi connectivity index (χ4n) is 1.81. The molecule has 2 rings (SSSR count). The normalized spacial score (nSPS) is 10.5. The van der Waals surface area contributed by atoms with Gasteiger partial charge in [0.05, 0.1) is 0 Å². The van der Waals surface area contributed by atoms with E-state index in [1.807, 2.05) is 38.1 Å². The molecule has 0 bridgehead atoms. The van der Waals surface area contributed by atoms with Crippen molar-refractivity contribution < 1.29 is 4.79 Å². The van der Waals surface area contributed by atoms with Gasteiger partial charge < -0.3 is 10.6 Å².